The Morgan fingerprint density at radius 3 is 2.48 bits per heavy atom. The predicted molar refractivity (Wildman–Crippen MR) is 123 cm³/mol. The zero-order valence-electron chi connectivity index (χ0n) is 18.4. The average Bonchev–Trinajstić information content (AvgIpc) is 3.23. The number of amides is 1. The summed E-state index contributed by atoms with van der Waals surface area (Å²) in [6.07, 6.45) is 0. The zero-order chi connectivity index (χ0) is 23.4. The summed E-state index contributed by atoms with van der Waals surface area (Å²) in [6, 6.07) is 11.9. The zero-order valence-corrected chi connectivity index (χ0v) is 19.2. The van der Waals surface area contributed by atoms with E-state index in [0.29, 0.717) is 43.1 Å². The van der Waals surface area contributed by atoms with Gasteiger partial charge in [-0.05, 0) is 49.7 Å². The van der Waals surface area contributed by atoms with Gasteiger partial charge in [-0.3, -0.25) is 9.36 Å². The maximum atomic E-state index is 14.0. The van der Waals surface area contributed by atoms with E-state index in [-0.39, 0.29) is 23.6 Å². The van der Waals surface area contributed by atoms with Gasteiger partial charge in [0.15, 0.2) is 5.16 Å². The molecule has 1 N–H and O–H groups in total. The number of aromatic nitrogens is 3. The second kappa shape index (κ2) is 10.3. The van der Waals surface area contributed by atoms with Crippen molar-refractivity contribution in [1.29, 1.82) is 0 Å². The van der Waals surface area contributed by atoms with E-state index in [1.165, 1.54) is 36.0 Å². The van der Waals surface area contributed by atoms with Crippen LogP contribution in [-0.2, 0) is 9.53 Å². The fraction of sp³-hybridized carbons (Fsp3) is 0.348. The molecule has 2 heterocycles. The summed E-state index contributed by atoms with van der Waals surface area (Å²) >= 11 is 1.24. The molecule has 1 aliphatic heterocycles. The summed E-state index contributed by atoms with van der Waals surface area (Å²) in [5, 5.41) is 11.6. The average molecular weight is 474 g/mol. The van der Waals surface area contributed by atoms with Crippen molar-refractivity contribution in [3.8, 4) is 5.69 Å². The van der Waals surface area contributed by atoms with Crippen LogP contribution in [0.4, 0.5) is 14.7 Å². The van der Waals surface area contributed by atoms with Gasteiger partial charge in [0.25, 0.3) is 0 Å². The molecule has 1 aromatic heterocycles. The summed E-state index contributed by atoms with van der Waals surface area (Å²) in [6.45, 7) is 6.04. The third kappa shape index (κ3) is 5.51. The number of hydrogen-bond donors (Lipinski definition) is 1. The van der Waals surface area contributed by atoms with E-state index in [2.05, 4.69) is 15.5 Å². The van der Waals surface area contributed by atoms with Gasteiger partial charge >= 0.3 is 0 Å². The Bertz CT molecular complexity index is 1100. The minimum atomic E-state index is -0.498. The van der Waals surface area contributed by atoms with Crippen LogP contribution >= 0.6 is 11.8 Å². The second-order valence-corrected chi connectivity index (χ2v) is 9.05. The van der Waals surface area contributed by atoms with E-state index in [0.717, 1.165) is 5.56 Å². The highest BCUT2D eigenvalue weighted by atomic mass is 32.2. The molecule has 33 heavy (non-hydrogen) atoms. The highest BCUT2D eigenvalue weighted by Crippen LogP contribution is 2.30. The lowest BCUT2D eigenvalue weighted by molar-refractivity contribution is -0.120. The van der Waals surface area contributed by atoms with Crippen LogP contribution in [0, 0.1) is 11.6 Å². The molecule has 0 saturated carbocycles. The van der Waals surface area contributed by atoms with E-state index >= 15 is 0 Å². The molecule has 0 aliphatic carbocycles. The van der Waals surface area contributed by atoms with Crippen molar-refractivity contribution in [2.24, 2.45) is 0 Å². The number of benzene rings is 2. The number of morpholine rings is 1. The minimum Gasteiger partial charge on any atom is -0.378 e. The summed E-state index contributed by atoms with van der Waals surface area (Å²) in [4.78, 5) is 14.9. The normalized spacial score (nSPS) is 15.8. The van der Waals surface area contributed by atoms with Crippen LogP contribution < -0.4 is 10.2 Å². The Labute approximate surface area is 195 Å². The first kappa shape index (κ1) is 23.2. The Kier molecular flexibility index (Phi) is 7.24. The number of hydrogen-bond acceptors (Lipinski definition) is 6. The van der Waals surface area contributed by atoms with Crippen LogP contribution in [0.15, 0.2) is 53.7 Å². The molecule has 0 unspecified atom stereocenters. The smallest absolute Gasteiger partial charge is 0.233 e. The van der Waals surface area contributed by atoms with Crippen LogP contribution in [0.5, 0.6) is 0 Å². The van der Waals surface area contributed by atoms with Crippen molar-refractivity contribution in [1.82, 2.24) is 20.1 Å². The number of anilines is 1. The van der Waals surface area contributed by atoms with Crippen LogP contribution in [0.3, 0.4) is 0 Å². The number of nitrogens with one attached hydrogen (secondary N) is 1. The number of carbonyl (C=O) groups excluding carboxylic acids is 1. The molecular weight excluding hydrogens is 448 g/mol. The van der Waals surface area contributed by atoms with Gasteiger partial charge in [-0.15, -0.1) is 10.2 Å². The molecule has 0 bridgehead atoms. The minimum absolute atomic E-state index is 0.196. The van der Waals surface area contributed by atoms with Crippen LogP contribution in [0.2, 0.25) is 0 Å². The fourth-order valence-electron chi connectivity index (χ4n) is 3.53. The van der Waals surface area contributed by atoms with Gasteiger partial charge in [0.1, 0.15) is 11.6 Å². The Morgan fingerprint density at radius 2 is 1.79 bits per heavy atom. The molecule has 10 heteroatoms. The molecule has 1 saturated heterocycles. The van der Waals surface area contributed by atoms with Crippen molar-refractivity contribution in [2.45, 2.75) is 30.3 Å². The van der Waals surface area contributed by atoms with E-state index in [1.807, 2.05) is 11.8 Å². The molecule has 2 aromatic carbocycles. The quantitative estimate of drug-likeness (QED) is 0.527. The predicted octanol–water partition coefficient (Wildman–Crippen LogP) is 3.74. The molecule has 3 aromatic rings. The molecule has 4 rings (SSSR count). The van der Waals surface area contributed by atoms with Crippen molar-refractivity contribution in [3.63, 3.8) is 0 Å². The van der Waals surface area contributed by atoms with Crippen LogP contribution in [0.1, 0.15) is 25.5 Å². The largest absolute Gasteiger partial charge is 0.378 e. The molecule has 7 nitrogen and oxygen atoms in total. The molecule has 0 radical (unpaired) electrons. The van der Waals surface area contributed by atoms with Crippen LogP contribution in [0.25, 0.3) is 5.69 Å². The molecule has 1 amide bonds. The molecule has 1 aliphatic rings. The molecular formula is C23H25F2N5O2S. The molecule has 1 fully saturated rings. The highest BCUT2D eigenvalue weighted by Gasteiger charge is 2.25. The monoisotopic (exact) mass is 473 g/mol. The Morgan fingerprint density at radius 1 is 1.06 bits per heavy atom. The number of nitrogens with zero attached hydrogens (tertiary/aromatic N) is 4. The first-order valence-corrected chi connectivity index (χ1v) is 11.6. The van der Waals surface area contributed by atoms with Gasteiger partial charge in [0.2, 0.25) is 11.9 Å². The lowest BCUT2D eigenvalue weighted by Crippen LogP contribution is -2.38. The van der Waals surface area contributed by atoms with E-state index < -0.39 is 5.25 Å². The number of thioether (sulfide) groups is 1. The fourth-order valence-corrected chi connectivity index (χ4v) is 4.40. The lowest BCUT2D eigenvalue weighted by atomic mass is 10.1. The molecule has 174 valence electrons. The van der Waals surface area contributed by atoms with Crippen LogP contribution in [-0.4, -0.2) is 52.2 Å². The standard InChI is InChI=1S/C23H25F2N5O2S/c1-15(17-6-8-18(24)9-7-17)26-21(31)16(2)33-23-28-27-22(29-10-12-32-13-11-29)30(23)20-5-3-4-19(25)14-20/h3-9,14-16H,10-13H2,1-2H3,(H,26,31)/t15-,16+/m0/s1. The summed E-state index contributed by atoms with van der Waals surface area (Å²) < 4.78 is 34.4. The summed E-state index contributed by atoms with van der Waals surface area (Å²) in [7, 11) is 0. The second-order valence-electron chi connectivity index (χ2n) is 7.74. The van der Waals surface area contributed by atoms with Gasteiger partial charge < -0.3 is 15.0 Å². The number of carbonyl (C=O) groups is 1. The number of rotatable bonds is 7. The lowest BCUT2D eigenvalue weighted by Gasteiger charge is -2.28. The molecule has 0 spiro atoms. The first-order valence-electron chi connectivity index (χ1n) is 10.7. The summed E-state index contributed by atoms with van der Waals surface area (Å²) in [5.41, 5.74) is 1.38. The van der Waals surface area contributed by atoms with Gasteiger partial charge in [0.05, 0.1) is 30.2 Å². The third-order valence-corrected chi connectivity index (χ3v) is 6.40. The van der Waals surface area contributed by atoms with E-state index in [1.54, 1.807) is 35.8 Å². The van der Waals surface area contributed by atoms with Gasteiger partial charge in [-0.1, -0.05) is 30.0 Å². The van der Waals surface area contributed by atoms with Crippen molar-refractivity contribution >= 4 is 23.6 Å². The third-order valence-electron chi connectivity index (χ3n) is 5.36. The SMILES string of the molecule is C[C@H](NC(=O)[C@@H](C)Sc1nnc(N2CCOCC2)n1-c1cccc(F)c1)c1ccc(F)cc1. The van der Waals surface area contributed by atoms with E-state index in [4.69, 9.17) is 4.74 Å². The van der Waals surface area contributed by atoms with Crippen molar-refractivity contribution < 1.29 is 18.3 Å². The maximum Gasteiger partial charge on any atom is 0.233 e. The Balaban J connectivity index is 1.54. The topological polar surface area (TPSA) is 72.3 Å². The van der Waals surface area contributed by atoms with Crippen molar-refractivity contribution in [3.05, 3.63) is 65.7 Å². The van der Waals surface area contributed by atoms with Gasteiger partial charge in [-0.25, -0.2) is 8.78 Å². The number of halogens is 2. The van der Waals surface area contributed by atoms with Crippen molar-refractivity contribution in [2.75, 3.05) is 31.2 Å². The number of ether oxygens (including phenoxy) is 1. The van der Waals surface area contributed by atoms with E-state index in [9.17, 15) is 13.6 Å². The van der Waals surface area contributed by atoms with Gasteiger partial charge in [0, 0.05) is 13.1 Å². The Hall–Kier alpha value is -2.98. The van der Waals surface area contributed by atoms with Gasteiger partial charge in [-0.2, -0.15) is 0 Å². The maximum absolute atomic E-state index is 14.0. The molecule has 2 atom stereocenters. The summed E-state index contributed by atoms with van der Waals surface area (Å²) in [5.74, 6) is -0.310. The first-order chi connectivity index (χ1) is 15.9. The highest BCUT2D eigenvalue weighted by molar-refractivity contribution is 8.00.